The van der Waals surface area contributed by atoms with Gasteiger partial charge in [-0.05, 0) is 37.6 Å². The number of hydrogen-bond donors (Lipinski definition) is 2. The van der Waals surface area contributed by atoms with E-state index in [1.807, 2.05) is 19.1 Å². The normalized spacial score (nSPS) is 15.0. The Hall–Kier alpha value is -1.30. The van der Waals surface area contributed by atoms with E-state index in [1.165, 1.54) is 0 Å². The molecule has 0 spiro atoms. The molecule has 1 saturated heterocycles. The molecule has 1 aliphatic rings. The van der Waals surface area contributed by atoms with Crippen LogP contribution in [0.5, 0.6) is 5.75 Å². The molecular formula is C16H26ClN3O2. The van der Waals surface area contributed by atoms with Crippen LogP contribution in [-0.4, -0.2) is 57.2 Å². The summed E-state index contributed by atoms with van der Waals surface area (Å²) in [5.41, 5.74) is 1.69. The van der Waals surface area contributed by atoms with Crippen LogP contribution >= 0.6 is 12.4 Å². The van der Waals surface area contributed by atoms with Gasteiger partial charge >= 0.3 is 0 Å². The molecule has 0 atom stereocenters. The summed E-state index contributed by atoms with van der Waals surface area (Å²) >= 11 is 0. The van der Waals surface area contributed by atoms with E-state index in [1.54, 1.807) is 13.2 Å². The third kappa shape index (κ3) is 5.48. The molecule has 22 heavy (non-hydrogen) atoms. The fourth-order valence-electron chi connectivity index (χ4n) is 2.50. The number of carbonyl (C=O) groups is 1. The largest absolute Gasteiger partial charge is 0.496 e. The van der Waals surface area contributed by atoms with Crippen molar-refractivity contribution >= 4 is 18.3 Å². The minimum Gasteiger partial charge on any atom is -0.496 e. The van der Waals surface area contributed by atoms with Gasteiger partial charge in [-0.2, -0.15) is 0 Å². The van der Waals surface area contributed by atoms with E-state index in [0.717, 1.165) is 50.5 Å². The maximum atomic E-state index is 12.1. The van der Waals surface area contributed by atoms with Crippen LogP contribution < -0.4 is 15.4 Å². The molecule has 1 aliphatic heterocycles. The van der Waals surface area contributed by atoms with Gasteiger partial charge in [0.25, 0.3) is 5.91 Å². The Balaban J connectivity index is 0.00000242. The Labute approximate surface area is 138 Å². The molecule has 1 aromatic carbocycles. The van der Waals surface area contributed by atoms with Crippen molar-refractivity contribution in [3.8, 4) is 5.75 Å². The number of nitrogens with one attached hydrogen (secondary N) is 2. The van der Waals surface area contributed by atoms with E-state index in [-0.39, 0.29) is 18.3 Å². The van der Waals surface area contributed by atoms with E-state index >= 15 is 0 Å². The molecule has 2 N–H and O–H groups in total. The Bertz CT molecular complexity index is 476. The SMILES string of the molecule is COc1cc(C(=O)NCCCN2CCNCC2)ccc1C.Cl. The van der Waals surface area contributed by atoms with Gasteiger partial charge in [0.05, 0.1) is 7.11 Å². The Morgan fingerprint density at radius 2 is 2.09 bits per heavy atom. The lowest BCUT2D eigenvalue weighted by atomic mass is 10.1. The number of benzene rings is 1. The molecule has 6 heteroatoms. The van der Waals surface area contributed by atoms with E-state index in [0.29, 0.717) is 12.1 Å². The minimum absolute atomic E-state index is 0. The second-order valence-electron chi connectivity index (χ2n) is 5.39. The molecule has 1 fully saturated rings. The smallest absolute Gasteiger partial charge is 0.251 e. The lowest BCUT2D eigenvalue weighted by molar-refractivity contribution is 0.0951. The van der Waals surface area contributed by atoms with Crippen LogP contribution in [0.25, 0.3) is 0 Å². The molecule has 2 rings (SSSR count). The zero-order chi connectivity index (χ0) is 15.1. The predicted octanol–water partition coefficient (Wildman–Crippen LogP) is 1.45. The van der Waals surface area contributed by atoms with Gasteiger partial charge in [0.1, 0.15) is 5.75 Å². The molecular weight excluding hydrogens is 302 g/mol. The third-order valence-electron chi connectivity index (χ3n) is 3.82. The summed E-state index contributed by atoms with van der Waals surface area (Å²) in [5, 5.41) is 6.31. The fraction of sp³-hybridized carbons (Fsp3) is 0.562. The van der Waals surface area contributed by atoms with Crippen molar-refractivity contribution in [2.24, 2.45) is 0 Å². The van der Waals surface area contributed by atoms with Crippen LogP contribution in [0.4, 0.5) is 0 Å². The first-order valence-corrected chi connectivity index (χ1v) is 7.56. The first kappa shape index (κ1) is 18.7. The zero-order valence-electron chi connectivity index (χ0n) is 13.4. The number of amides is 1. The van der Waals surface area contributed by atoms with Gasteiger partial charge < -0.3 is 20.3 Å². The molecule has 1 aromatic rings. The summed E-state index contributed by atoms with van der Waals surface area (Å²) in [7, 11) is 1.62. The second-order valence-corrected chi connectivity index (χ2v) is 5.39. The zero-order valence-corrected chi connectivity index (χ0v) is 14.2. The molecule has 0 aromatic heterocycles. The summed E-state index contributed by atoms with van der Waals surface area (Å²) in [6.07, 6.45) is 0.981. The first-order valence-electron chi connectivity index (χ1n) is 7.56. The maximum absolute atomic E-state index is 12.1. The number of aryl methyl sites for hydroxylation is 1. The average Bonchev–Trinajstić information content (AvgIpc) is 2.53. The van der Waals surface area contributed by atoms with Gasteiger partial charge in [0, 0.05) is 38.3 Å². The number of carbonyl (C=O) groups excluding carboxylic acids is 1. The highest BCUT2D eigenvalue weighted by Crippen LogP contribution is 2.18. The van der Waals surface area contributed by atoms with E-state index < -0.39 is 0 Å². The molecule has 5 nitrogen and oxygen atoms in total. The summed E-state index contributed by atoms with van der Waals surface area (Å²) in [6.45, 7) is 8.05. The monoisotopic (exact) mass is 327 g/mol. The fourth-order valence-corrected chi connectivity index (χ4v) is 2.50. The summed E-state index contributed by atoms with van der Waals surface area (Å²) in [5.74, 6) is 0.720. The van der Waals surface area contributed by atoms with Gasteiger partial charge in [-0.3, -0.25) is 4.79 Å². The quantitative estimate of drug-likeness (QED) is 0.777. The predicted molar refractivity (Wildman–Crippen MR) is 91.2 cm³/mol. The number of nitrogens with zero attached hydrogens (tertiary/aromatic N) is 1. The summed E-state index contributed by atoms with van der Waals surface area (Å²) < 4.78 is 5.25. The number of methoxy groups -OCH3 is 1. The van der Waals surface area contributed by atoms with E-state index in [4.69, 9.17) is 4.74 Å². The number of halogens is 1. The van der Waals surface area contributed by atoms with Crippen molar-refractivity contribution in [1.29, 1.82) is 0 Å². The standard InChI is InChI=1S/C16H25N3O2.ClH/c1-13-4-5-14(12-15(13)21-2)16(20)18-6-3-9-19-10-7-17-8-11-19;/h4-5,12,17H,3,6-11H2,1-2H3,(H,18,20);1H. The highest BCUT2D eigenvalue weighted by molar-refractivity contribution is 5.94. The van der Waals surface area contributed by atoms with Gasteiger partial charge in [0.2, 0.25) is 0 Å². The lowest BCUT2D eigenvalue weighted by Gasteiger charge is -2.27. The van der Waals surface area contributed by atoms with Crippen LogP contribution in [0.2, 0.25) is 0 Å². The van der Waals surface area contributed by atoms with Crippen LogP contribution in [-0.2, 0) is 0 Å². The van der Waals surface area contributed by atoms with Crippen LogP contribution in [0.15, 0.2) is 18.2 Å². The molecule has 124 valence electrons. The van der Waals surface area contributed by atoms with Gasteiger partial charge in [-0.15, -0.1) is 12.4 Å². The van der Waals surface area contributed by atoms with Crippen LogP contribution in [0.1, 0.15) is 22.3 Å². The molecule has 1 amide bonds. The highest BCUT2D eigenvalue weighted by atomic mass is 35.5. The van der Waals surface area contributed by atoms with Crippen LogP contribution in [0, 0.1) is 6.92 Å². The number of rotatable bonds is 6. The molecule has 1 heterocycles. The van der Waals surface area contributed by atoms with Gasteiger partial charge in [0.15, 0.2) is 0 Å². The topological polar surface area (TPSA) is 53.6 Å². The van der Waals surface area contributed by atoms with Crippen molar-refractivity contribution in [2.45, 2.75) is 13.3 Å². The molecule has 0 radical (unpaired) electrons. The number of piperazine rings is 1. The van der Waals surface area contributed by atoms with Crippen molar-refractivity contribution in [2.75, 3.05) is 46.4 Å². The molecule has 0 bridgehead atoms. The van der Waals surface area contributed by atoms with E-state index in [2.05, 4.69) is 15.5 Å². The van der Waals surface area contributed by atoms with Crippen LogP contribution in [0.3, 0.4) is 0 Å². The number of ether oxygens (including phenoxy) is 1. The average molecular weight is 328 g/mol. The highest BCUT2D eigenvalue weighted by Gasteiger charge is 2.10. The van der Waals surface area contributed by atoms with Crippen molar-refractivity contribution < 1.29 is 9.53 Å². The Kier molecular flexibility index (Phi) is 8.24. The lowest BCUT2D eigenvalue weighted by Crippen LogP contribution is -2.44. The van der Waals surface area contributed by atoms with Crippen molar-refractivity contribution in [3.05, 3.63) is 29.3 Å². The maximum Gasteiger partial charge on any atom is 0.251 e. The Morgan fingerprint density at radius 3 is 2.77 bits per heavy atom. The van der Waals surface area contributed by atoms with Gasteiger partial charge in [-0.25, -0.2) is 0 Å². The number of hydrogen-bond acceptors (Lipinski definition) is 4. The first-order chi connectivity index (χ1) is 10.2. The third-order valence-corrected chi connectivity index (χ3v) is 3.82. The van der Waals surface area contributed by atoms with Crippen molar-refractivity contribution in [1.82, 2.24) is 15.5 Å². The second kappa shape index (κ2) is 9.66. The molecule has 0 saturated carbocycles. The molecule has 0 aliphatic carbocycles. The summed E-state index contributed by atoms with van der Waals surface area (Å²) in [6, 6.07) is 5.54. The van der Waals surface area contributed by atoms with Crippen molar-refractivity contribution in [3.63, 3.8) is 0 Å². The van der Waals surface area contributed by atoms with Gasteiger partial charge in [-0.1, -0.05) is 6.07 Å². The minimum atomic E-state index is -0.0337. The summed E-state index contributed by atoms with van der Waals surface area (Å²) in [4.78, 5) is 14.5. The van der Waals surface area contributed by atoms with E-state index in [9.17, 15) is 4.79 Å². The molecule has 0 unspecified atom stereocenters. The Morgan fingerprint density at radius 1 is 1.36 bits per heavy atom.